The van der Waals surface area contributed by atoms with E-state index in [4.69, 9.17) is 0 Å². The summed E-state index contributed by atoms with van der Waals surface area (Å²) in [6.45, 7) is 11.1. The lowest BCUT2D eigenvalue weighted by Gasteiger charge is -2.56. The summed E-state index contributed by atoms with van der Waals surface area (Å²) >= 11 is 0. The van der Waals surface area contributed by atoms with E-state index in [2.05, 4.69) is 41.9 Å². The van der Waals surface area contributed by atoms with Crippen LogP contribution in [-0.2, 0) is 0 Å². The number of fused-ring (bicyclic) bond motifs is 1. The van der Waals surface area contributed by atoms with E-state index < -0.39 is 0 Å². The zero-order valence-electron chi connectivity index (χ0n) is 13.9. The van der Waals surface area contributed by atoms with Crippen molar-refractivity contribution in [1.29, 1.82) is 0 Å². The van der Waals surface area contributed by atoms with Gasteiger partial charge in [0.15, 0.2) is 0 Å². The lowest BCUT2D eigenvalue weighted by Crippen LogP contribution is -3.15. The predicted molar refractivity (Wildman–Crippen MR) is 88.9 cm³/mol. The standard InChI is InChI=1S/C19H27N3/c1-19(2)16-7-6-15(17(19)13-16)14-21-9-11-22(12-10-21)18-5-3-4-8-20-18/h3-6,8,16-17H,7,9-14H2,1-2H3/p+2/t16-,17-/m1/s1. The molecule has 5 rings (SSSR count). The largest absolute Gasteiger partial charge is 0.325 e. The van der Waals surface area contributed by atoms with Gasteiger partial charge in [0.05, 0.1) is 12.7 Å². The normalized spacial score (nSPS) is 30.6. The molecule has 3 heteroatoms. The van der Waals surface area contributed by atoms with Gasteiger partial charge in [-0.1, -0.05) is 26.0 Å². The number of piperazine rings is 1. The average Bonchev–Trinajstić information content (AvgIpc) is 2.56. The van der Waals surface area contributed by atoms with Gasteiger partial charge in [-0.2, -0.15) is 0 Å². The molecule has 1 saturated carbocycles. The van der Waals surface area contributed by atoms with E-state index in [0.29, 0.717) is 5.41 Å². The summed E-state index contributed by atoms with van der Waals surface area (Å²) in [6.07, 6.45) is 7.39. The highest BCUT2D eigenvalue weighted by Gasteiger charge is 2.51. The molecular formula is C19H29N3+2. The molecule has 2 fully saturated rings. The number of aromatic nitrogens is 1. The molecule has 0 amide bonds. The lowest BCUT2D eigenvalue weighted by atomic mass is 9.49. The Bertz CT molecular complexity index is 555. The van der Waals surface area contributed by atoms with E-state index in [0.717, 1.165) is 11.8 Å². The van der Waals surface area contributed by atoms with Crippen molar-refractivity contribution in [2.24, 2.45) is 17.3 Å². The maximum Gasteiger partial charge on any atom is 0.274 e. The lowest BCUT2D eigenvalue weighted by molar-refractivity contribution is -0.896. The van der Waals surface area contributed by atoms with Crippen LogP contribution in [0.25, 0.3) is 0 Å². The number of aromatic amines is 1. The molecule has 0 aromatic carbocycles. The van der Waals surface area contributed by atoms with Crippen molar-refractivity contribution in [2.45, 2.75) is 26.7 Å². The second-order valence-electron chi connectivity index (χ2n) is 7.98. The molecule has 1 saturated heterocycles. The summed E-state index contributed by atoms with van der Waals surface area (Å²) in [7, 11) is 0. The molecule has 1 aliphatic heterocycles. The number of H-pyrrole nitrogens is 1. The Kier molecular flexibility index (Phi) is 3.48. The second-order valence-corrected chi connectivity index (χ2v) is 7.98. The number of nitrogens with one attached hydrogen (secondary N) is 2. The van der Waals surface area contributed by atoms with Gasteiger partial charge in [0.1, 0.15) is 26.2 Å². The quantitative estimate of drug-likeness (QED) is 0.832. The van der Waals surface area contributed by atoms with E-state index in [-0.39, 0.29) is 0 Å². The Morgan fingerprint density at radius 3 is 2.73 bits per heavy atom. The molecule has 2 atom stereocenters. The van der Waals surface area contributed by atoms with Crippen LogP contribution in [0.3, 0.4) is 0 Å². The van der Waals surface area contributed by atoms with Crippen LogP contribution in [-0.4, -0.2) is 32.7 Å². The van der Waals surface area contributed by atoms with Crippen molar-refractivity contribution >= 4 is 5.82 Å². The maximum absolute atomic E-state index is 3.36. The molecule has 1 aromatic rings. The Morgan fingerprint density at radius 1 is 1.27 bits per heavy atom. The van der Waals surface area contributed by atoms with Crippen molar-refractivity contribution in [3.63, 3.8) is 0 Å². The molecule has 118 valence electrons. The van der Waals surface area contributed by atoms with Gasteiger partial charge in [-0.05, 0) is 41.7 Å². The molecule has 2 heterocycles. The van der Waals surface area contributed by atoms with Crippen molar-refractivity contribution in [3.8, 4) is 0 Å². The number of hydrogen-bond acceptors (Lipinski definition) is 1. The number of nitrogens with zero attached hydrogens (tertiary/aromatic N) is 1. The SMILES string of the molecule is CC1(C)[C@@H]2CC=C(C[NH+]3CCN(c4cccc[nH+]4)CC3)[C@H]1C2. The van der Waals surface area contributed by atoms with E-state index in [1.165, 1.54) is 51.4 Å². The number of pyridine rings is 1. The number of rotatable bonds is 3. The topological polar surface area (TPSA) is 21.8 Å². The molecule has 3 aliphatic carbocycles. The highest BCUT2D eigenvalue weighted by molar-refractivity contribution is 5.32. The van der Waals surface area contributed by atoms with Gasteiger partial charge in [0.25, 0.3) is 5.82 Å². The Morgan fingerprint density at radius 2 is 2.09 bits per heavy atom. The first-order valence-corrected chi connectivity index (χ1v) is 8.89. The molecule has 0 unspecified atom stereocenters. The van der Waals surface area contributed by atoms with Crippen LogP contribution in [0.1, 0.15) is 26.7 Å². The van der Waals surface area contributed by atoms with Gasteiger partial charge in [-0.15, -0.1) is 0 Å². The molecule has 2 N–H and O–H groups in total. The highest BCUT2D eigenvalue weighted by atomic mass is 15.3. The minimum absolute atomic E-state index is 0.574. The Hall–Kier alpha value is -1.35. The Balaban J connectivity index is 1.34. The summed E-state index contributed by atoms with van der Waals surface area (Å²) in [5, 5.41) is 0. The van der Waals surface area contributed by atoms with Crippen molar-refractivity contribution in [3.05, 3.63) is 36.0 Å². The zero-order chi connectivity index (χ0) is 15.2. The molecule has 2 bridgehead atoms. The van der Waals surface area contributed by atoms with Gasteiger partial charge in [0, 0.05) is 6.07 Å². The van der Waals surface area contributed by atoms with E-state index in [9.17, 15) is 0 Å². The minimum Gasteiger partial charge on any atom is -0.325 e. The van der Waals surface area contributed by atoms with Gasteiger partial charge in [-0.3, -0.25) is 4.90 Å². The number of anilines is 1. The molecule has 1 aromatic heterocycles. The van der Waals surface area contributed by atoms with Crippen molar-refractivity contribution in [2.75, 3.05) is 37.6 Å². The monoisotopic (exact) mass is 299 g/mol. The number of allylic oxidation sites excluding steroid dienone is 1. The van der Waals surface area contributed by atoms with Gasteiger partial charge >= 0.3 is 0 Å². The molecule has 0 radical (unpaired) electrons. The fourth-order valence-electron chi connectivity index (χ4n) is 4.79. The van der Waals surface area contributed by atoms with Crippen LogP contribution < -0.4 is 14.8 Å². The number of hydrogen-bond donors (Lipinski definition) is 1. The van der Waals surface area contributed by atoms with Gasteiger partial charge in [-0.25, -0.2) is 4.98 Å². The smallest absolute Gasteiger partial charge is 0.274 e. The molecule has 0 spiro atoms. The fourth-order valence-corrected chi connectivity index (χ4v) is 4.79. The second kappa shape index (κ2) is 5.38. The minimum atomic E-state index is 0.574. The van der Waals surface area contributed by atoms with E-state index in [1.807, 2.05) is 12.3 Å². The first-order chi connectivity index (χ1) is 10.6. The van der Waals surface area contributed by atoms with Crippen LogP contribution in [0, 0.1) is 17.3 Å². The molecule has 4 aliphatic rings. The fraction of sp³-hybridized carbons (Fsp3) is 0.632. The van der Waals surface area contributed by atoms with E-state index in [1.54, 1.807) is 10.5 Å². The van der Waals surface area contributed by atoms with Gasteiger partial charge in [0.2, 0.25) is 0 Å². The molecule has 3 nitrogen and oxygen atoms in total. The van der Waals surface area contributed by atoms with Crippen LogP contribution in [0.5, 0.6) is 0 Å². The van der Waals surface area contributed by atoms with Crippen LogP contribution in [0.4, 0.5) is 5.82 Å². The highest BCUT2D eigenvalue weighted by Crippen LogP contribution is 2.58. The summed E-state index contributed by atoms with van der Waals surface area (Å²) in [5.41, 5.74) is 2.34. The Labute approximate surface area is 134 Å². The third-order valence-electron chi connectivity index (χ3n) is 6.54. The summed E-state index contributed by atoms with van der Waals surface area (Å²) < 4.78 is 0. The van der Waals surface area contributed by atoms with E-state index >= 15 is 0 Å². The van der Waals surface area contributed by atoms with Crippen LogP contribution in [0.2, 0.25) is 0 Å². The maximum atomic E-state index is 3.36. The van der Waals surface area contributed by atoms with Crippen LogP contribution in [0.15, 0.2) is 36.0 Å². The average molecular weight is 299 g/mol. The first-order valence-electron chi connectivity index (χ1n) is 8.89. The van der Waals surface area contributed by atoms with Crippen molar-refractivity contribution in [1.82, 2.24) is 0 Å². The third-order valence-corrected chi connectivity index (χ3v) is 6.54. The van der Waals surface area contributed by atoms with Crippen LogP contribution >= 0.6 is 0 Å². The molecule has 22 heavy (non-hydrogen) atoms. The summed E-state index contributed by atoms with van der Waals surface area (Å²) in [4.78, 5) is 7.63. The summed E-state index contributed by atoms with van der Waals surface area (Å²) in [6, 6.07) is 6.35. The van der Waals surface area contributed by atoms with Gasteiger partial charge < -0.3 is 4.90 Å². The molecular weight excluding hydrogens is 270 g/mol. The first kappa shape index (κ1) is 14.3. The third kappa shape index (κ3) is 2.36. The zero-order valence-corrected chi connectivity index (χ0v) is 13.9. The summed E-state index contributed by atoms with van der Waals surface area (Å²) in [5.74, 6) is 3.10. The van der Waals surface area contributed by atoms with Crippen molar-refractivity contribution < 1.29 is 9.88 Å². The number of quaternary nitrogens is 1. The predicted octanol–water partition coefficient (Wildman–Crippen LogP) is 1.20.